The zero-order valence-electron chi connectivity index (χ0n) is 9.73. The third-order valence-electron chi connectivity index (χ3n) is 3.70. The van der Waals surface area contributed by atoms with Crippen molar-refractivity contribution in [2.75, 3.05) is 4.66 Å². The van der Waals surface area contributed by atoms with Crippen LogP contribution in [0.1, 0.15) is 37.7 Å². The van der Waals surface area contributed by atoms with Crippen LogP contribution in [0, 0.1) is 0 Å². The van der Waals surface area contributed by atoms with E-state index in [2.05, 4.69) is 15.9 Å². The van der Waals surface area contributed by atoms with E-state index in [9.17, 15) is 8.42 Å². The van der Waals surface area contributed by atoms with Gasteiger partial charge in [-0.1, -0.05) is 65.5 Å². The quantitative estimate of drug-likeness (QED) is 0.798. The van der Waals surface area contributed by atoms with E-state index in [1.165, 1.54) is 0 Å². The molecule has 0 N–H and O–H groups in total. The number of alkyl halides is 1. The Hall–Kier alpha value is -0.350. The van der Waals surface area contributed by atoms with Gasteiger partial charge in [0.2, 0.25) is 0 Å². The standard InChI is InChI=1S/C13H17BrO2S/c14-11-17(15,16)13(9-5-2-6-10-13)12-7-3-1-4-8-12/h1,3-4,7-8H,2,5-6,9-11H2. The molecule has 17 heavy (non-hydrogen) atoms. The van der Waals surface area contributed by atoms with Crippen LogP contribution in [0.25, 0.3) is 0 Å². The summed E-state index contributed by atoms with van der Waals surface area (Å²) < 4.78 is 24.3. The molecule has 0 aliphatic heterocycles. The normalized spacial score (nSPS) is 20.1. The fraction of sp³-hybridized carbons (Fsp3) is 0.538. The molecule has 0 heterocycles. The van der Waals surface area contributed by atoms with Crippen molar-refractivity contribution in [2.24, 2.45) is 0 Å². The molecule has 2 rings (SSSR count). The average Bonchev–Trinajstić information content (AvgIpc) is 2.40. The van der Waals surface area contributed by atoms with Crippen molar-refractivity contribution >= 4 is 25.8 Å². The molecule has 0 spiro atoms. The fourth-order valence-electron chi connectivity index (χ4n) is 2.75. The maximum atomic E-state index is 12.4. The second kappa shape index (κ2) is 5.11. The Morgan fingerprint density at radius 3 is 2.18 bits per heavy atom. The minimum Gasteiger partial charge on any atom is -0.227 e. The Morgan fingerprint density at radius 1 is 1.06 bits per heavy atom. The molecule has 0 unspecified atom stereocenters. The van der Waals surface area contributed by atoms with E-state index in [1.54, 1.807) is 0 Å². The molecule has 0 bridgehead atoms. The molecule has 0 aromatic heterocycles. The van der Waals surface area contributed by atoms with Crippen molar-refractivity contribution in [3.05, 3.63) is 35.9 Å². The average molecular weight is 317 g/mol. The molecule has 94 valence electrons. The molecule has 1 aliphatic rings. The third kappa shape index (κ3) is 2.29. The predicted molar refractivity (Wildman–Crippen MR) is 73.9 cm³/mol. The van der Waals surface area contributed by atoms with Gasteiger partial charge in [0.25, 0.3) is 0 Å². The Morgan fingerprint density at radius 2 is 1.65 bits per heavy atom. The van der Waals surface area contributed by atoms with Crippen LogP contribution in [0.5, 0.6) is 0 Å². The van der Waals surface area contributed by atoms with Gasteiger partial charge in [-0.05, 0) is 18.4 Å². The van der Waals surface area contributed by atoms with E-state index >= 15 is 0 Å². The number of hydrogen-bond donors (Lipinski definition) is 0. The van der Waals surface area contributed by atoms with Gasteiger partial charge in [0.05, 0.1) is 4.75 Å². The molecule has 1 saturated carbocycles. The largest absolute Gasteiger partial charge is 0.227 e. The van der Waals surface area contributed by atoms with Gasteiger partial charge in [-0.2, -0.15) is 0 Å². The molecule has 0 saturated heterocycles. The smallest absolute Gasteiger partial charge is 0.170 e. The van der Waals surface area contributed by atoms with Gasteiger partial charge in [-0.25, -0.2) is 8.42 Å². The van der Waals surface area contributed by atoms with Gasteiger partial charge in [-0.3, -0.25) is 0 Å². The molecular weight excluding hydrogens is 300 g/mol. The molecule has 1 aliphatic carbocycles. The lowest BCUT2D eigenvalue weighted by Gasteiger charge is -2.36. The van der Waals surface area contributed by atoms with Crippen LogP contribution in [-0.4, -0.2) is 13.1 Å². The van der Waals surface area contributed by atoms with E-state index in [1.807, 2.05) is 30.3 Å². The van der Waals surface area contributed by atoms with Crippen molar-refractivity contribution in [3.8, 4) is 0 Å². The zero-order valence-corrected chi connectivity index (χ0v) is 12.1. The molecule has 4 heteroatoms. The highest BCUT2D eigenvalue weighted by Gasteiger charge is 2.44. The van der Waals surface area contributed by atoms with Crippen LogP contribution >= 0.6 is 15.9 Å². The Balaban J connectivity index is 2.52. The summed E-state index contributed by atoms with van der Waals surface area (Å²) in [6, 6.07) is 9.68. The number of sulfone groups is 1. The topological polar surface area (TPSA) is 34.1 Å². The van der Waals surface area contributed by atoms with Crippen molar-refractivity contribution in [2.45, 2.75) is 36.9 Å². The van der Waals surface area contributed by atoms with Crippen LogP contribution in [0.2, 0.25) is 0 Å². The van der Waals surface area contributed by atoms with Gasteiger partial charge < -0.3 is 0 Å². The second-order valence-electron chi connectivity index (χ2n) is 4.64. The first-order valence-corrected chi connectivity index (χ1v) is 8.73. The second-order valence-corrected chi connectivity index (χ2v) is 8.25. The number of benzene rings is 1. The molecule has 1 aromatic rings. The van der Waals surface area contributed by atoms with Crippen LogP contribution < -0.4 is 0 Å². The number of halogens is 1. The summed E-state index contributed by atoms with van der Waals surface area (Å²) in [6.45, 7) is 0. The predicted octanol–water partition coefficient (Wildman–Crippen LogP) is 3.61. The molecule has 0 radical (unpaired) electrons. The van der Waals surface area contributed by atoms with E-state index in [0.717, 1.165) is 37.7 Å². The first-order valence-electron chi connectivity index (χ1n) is 5.96. The minimum atomic E-state index is -3.12. The summed E-state index contributed by atoms with van der Waals surface area (Å²) in [4.78, 5) is 0. The lowest BCUT2D eigenvalue weighted by atomic mass is 9.83. The van der Waals surface area contributed by atoms with E-state index in [0.29, 0.717) is 0 Å². The summed E-state index contributed by atoms with van der Waals surface area (Å²) in [5, 5.41) is 0. The van der Waals surface area contributed by atoms with E-state index in [4.69, 9.17) is 0 Å². The monoisotopic (exact) mass is 316 g/mol. The summed E-state index contributed by atoms with van der Waals surface area (Å²) in [6.07, 6.45) is 4.66. The van der Waals surface area contributed by atoms with Crippen LogP contribution in [0.4, 0.5) is 0 Å². The zero-order chi connectivity index (χ0) is 12.4. The van der Waals surface area contributed by atoms with Crippen LogP contribution in [-0.2, 0) is 14.6 Å². The van der Waals surface area contributed by atoms with Crippen LogP contribution in [0.15, 0.2) is 30.3 Å². The highest BCUT2D eigenvalue weighted by molar-refractivity contribution is 9.10. The fourth-order valence-corrected chi connectivity index (χ4v) is 5.68. The number of hydrogen-bond acceptors (Lipinski definition) is 2. The first kappa shape index (κ1) is 13.1. The van der Waals surface area contributed by atoms with E-state index in [-0.39, 0.29) is 4.66 Å². The first-order chi connectivity index (χ1) is 8.12. The molecule has 2 nitrogen and oxygen atoms in total. The molecule has 1 fully saturated rings. The molecule has 1 aromatic carbocycles. The molecule has 0 atom stereocenters. The minimum absolute atomic E-state index is 0.0505. The van der Waals surface area contributed by atoms with Crippen molar-refractivity contribution in [3.63, 3.8) is 0 Å². The van der Waals surface area contributed by atoms with Gasteiger partial charge in [0, 0.05) is 0 Å². The highest BCUT2D eigenvalue weighted by atomic mass is 79.9. The van der Waals surface area contributed by atoms with Gasteiger partial charge >= 0.3 is 0 Å². The van der Waals surface area contributed by atoms with Crippen molar-refractivity contribution in [1.82, 2.24) is 0 Å². The van der Waals surface area contributed by atoms with Gasteiger partial charge in [0.15, 0.2) is 9.84 Å². The van der Waals surface area contributed by atoms with Crippen molar-refractivity contribution < 1.29 is 8.42 Å². The van der Waals surface area contributed by atoms with Crippen molar-refractivity contribution in [1.29, 1.82) is 0 Å². The summed E-state index contributed by atoms with van der Waals surface area (Å²) in [5.41, 5.74) is 0.958. The maximum absolute atomic E-state index is 12.4. The summed E-state index contributed by atoms with van der Waals surface area (Å²) >= 11 is 3.15. The summed E-state index contributed by atoms with van der Waals surface area (Å²) in [7, 11) is -3.12. The van der Waals surface area contributed by atoms with E-state index < -0.39 is 14.6 Å². The molecule has 0 amide bonds. The Labute approximate surface area is 111 Å². The third-order valence-corrected chi connectivity index (χ3v) is 7.63. The molecular formula is C13H17BrO2S. The SMILES string of the molecule is O=S(=O)(CBr)C1(c2ccccc2)CCCCC1. The number of rotatable bonds is 3. The van der Waals surface area contributed by atoms with Crippen LogP contribution in [0.3, 0.4) is 0 Å². The summed E-state index contributed by atoms with van der Waals surface area (Å²) in [5.74, 6) is 0. The highest BCUT2D eigenvalue weighted by Crippen LogP contribution is 2.44. The Kier molecular flexibility index (Phi) is 3.93. The van der Waals surface area contributed by atoms with Gasteiger partial charge in [-0.15, -0.1) is 0 Å². The lowest BCUT2D eigenvalue weighted by molar-refractivity contribution is 0.382. The lowest BCUT2D eigenvalue weighted by Crippen LogP contribution is -2.38. The Bertz CT molecular complexity index is 461. The van der Waals surface area contributed by atoms with Gasteiger partial charge in [0.1, 0.15) is 4.66 Å². The maximum Gasteiger partial charge on any atom is 0.170 e.